The number of nitrogens with zero attached hydrogens (tertiary/aromatic N) is 1. The van der Waals surface area contributed by atoms with Crippen LogP contribution in [0.5, 0.6) is 0 Å². The minimum Gasteiger partial charge on any atom is -0.465 e. The minimum absolute atomic E-state index is 0.349. The first-order valence-electron chi connectivity index (χ1n) is 9.57. The van der Waals surface area contributed by atoms with Gasteiger partial charge in [-0.3, -0.25) is 0 Å². The second-order valence-electron chi connectivity index (χ2n) is 7.55. The van der Waals surface area contributed by atoms with Gasteiger partial charge in [0.1, 0.15) is 0 Å². The van der Waals surface area contributed by atoms with Crippen LogP contribution in [-0.2, 0) is 0 Å². The van der Waals surface area contributed by atoms with Crippen LogP contribution in [0.15, 0.2) is 0 Å². The molecule has 0 aromatic rings. The minimum atomic E-state index is -0.938. The number of unbranched alkanes of at least 4 members (excludes halogenated alkanes) is 9. The van der Waals surface area contributed by atoms with Crippen molar-refractivity contribution in [1.29, 1.82) is 0 Å². The average Bonchev–Trinajstić information content (AvgIpc) is 2.46. The molecule has 1 amide bonds. The molecule has 0 aromatic carbocycles. The summed E-state index contributed by atoms with van der Waals surface area (Å²) in [5.41, 5.74) is -0.349. The largest absolute Gasteiger partial charge is 0.465 e. The Labute approximate surface area is 144 Å². The Balaban J connectivity index is 3.43. The molecule has 0 radical (unpaired) electrons. The third-order valence-corrected chi connectivity index (χ3v) is 4.46. The van der Waals surface area contributed by atoms with Gasteiger partial charge in [0, 0.05) is 12.1 Å². The molecule has 0 fully saturated rings. The number of hydrogen-bond acceptors (Lipinski definition) is 2. The first-order valence-corrected chi connectivity index (χ1v) is 9.57. The molecular formula is C19H40N2O2. The van der Waals surface area contributed by atoms with E-state index in [4.69, 9.17) is 5.11 Å². The van der Waals surface area contributed by atoms with Crippen LogP contribution in [0.1, 0.15) is 91.4 Å². The van der Waals surface area contributed by atoms with Crippen molar-refractivity contribution in [2.45, 2.75) is 96.9 Å². The lowest BCUT2D eigenvalue weighted by Gasteiger charge is -2.27. The Morgan fingerprint density at radius 2 is 1.39 bits per heavy atom. The van der Waals surface area contributed by atoms with E-state index < -0.39 is 6.09 Å². The molecule has 0 aliphatic rings. The molecule has 0 bridgehead atoms. The van der Waals surface area contributed by atoms with Gasteiger partial charge in [0.05, 0.1) is 0 Å². The monoisotopic (exact) mass is 328 g/mol. The molecule has 138 valence electrons. The topological polar surface area (TPSA) is 52.6 Å². The molecule has 0 rings (SSSR count). The highest BCUT2D eigenvalue weighted by Gasteiger charge is 2.20. The van der Waals surface area contributed by atoms with Crippen LogP contribution in [0.4, 0.5) is 4.79 Å². The maximum atomic E-state index is 10.7. The second-order valence-corrected chi connectivity index (χ2v) is 7.55. The first kappa shape index (κ1) is 22.2. The van der Waals surface area contributed by atoms with E-state index >= 15 is 0 Å². The standard InChI is InChI=1S/C19H40N2O2/c1-5-6-7-8-9-10-11-12-13-14-16-21(4)17-15-19(2,3)20-18(22)23/h20H,5-17H2,1-4H3,(H,22,23). The molecule has 23 heavy (non-hydrogen) atoms. The number of rotatable bonds is 15. The lowest BCUT2D eigenvalue weighted by Crippen LogP contribution is -2.44. The molecule has 0 aliphatic heterocycles. The van der Waals surface area contributed by atoms with Crippen LogP contribution in [0.3, 0.4) is 0 Å². The normalized spacial score (nSPS) is 11.9. The highest BCUT2D eigenvalue weighted by Crippen LogP contribution is 2.12. The Hall–Kier alpha value is -0.770. The fraction of sp³-hybridized carbons (Fsp3) is 0.947. The lowest BCUT2D eigenvalue weighted by molar-refractivity contribution is 0.176. The molecule has 0 aliphatic carbocycles. The third kappa shape index (κ3) is 15.9. The van der Waals surface area contributed by atoms with Gasteiger partial charge in [0.2, 0.25) is 0 Å². The fourth-order valence-electron chi connectivity index (χ4n) is 2.80. The van der Waals surface area contributed by atoms with E-state index in [0.29, 0.717) is 0 Å². The number of nitrogens with one attached hydrogen (secondary N) is 1. The van der Waals surface area contributed by atoms with Gasteiger partial charge in [-0.1, -0.05) is 64.7 Å². The highest BCUT2D eigenvalue weighted by atomic mass is 16.4. The fourth-order valence-corrected chi connectivity index (χ4v) is 2.80. The first-order chi connectivity index (χ1) is 10.9. The molecule has 0 saturated carbocycles. The van der Waals surface area contributed by atoms with Crippen LogP contribution in [-0.4, -0.2) is 41.8 Å². The predicted octanol–water partition coefficient (Wildman–Crippen LogP) is 5.28. The molecule has 0 spiro atoms. The van der Waals surface area contributed by atoms with Crippen LogP contribution in [0.2, 0.25) is 0 Å². The Kier molecular flexibility index (Phi) is 13.2. The summed E-state index contributed by atoms with van der Waals surface area (Å²) in [7, 11) is 2.13. The van der Waals surface area contributed by atoms with Crippen LogP contribution in [0, 0.1) is 0 Å². The van der Waals surface area contributed by atoms with E-state index in [9.17, 15) is 4.79 Å². The van der Waals surface area contributed by atoms with E-state index in [-0.39, 0.29) is 5.54 Å². The Bertz CT molecular complexity index is 293. The zero-order valence-electron chi connectivity index (χ0n) is 16.0. The van der Waals surface area contributed by atoms with Crippen LogP contribution in [0.25, 0.3) is 0 Å². The molecule has 4 heteroatoms. The van der Waals surface area contributed by atoms with Gasteiger partial charge in [-0.05, 0) is 40.3 Å². The number of carboxylic acid groups (broad SMARTS) is 1. The van der Waals surface area contributed by atoms with Gasteiger partial charge in [-0.15, -0.1) is 0 Å². The molecular weight excluding hydrogens is 288 g/mol. The van der Waals surface area contributed by atoms with E-state index in [0.717, 1.165) is 19.5 Å². The van der Waals surface area contributed by atoms with Gasteiger partial charge < -0.3 is 15.3 Å². The summed E-state index contributed by atoms with van der Waals surface area (Å²) < 4.78 is 0. The van der Waals surface area contributed by atoms with Crippen molar-refractivity contribution in [1.82, 2.24) is 10.2 Å². The number of hydrogen-bond donors (Lipinski definition) is 2. The summed E-state index contributed by atoms with van der Waals surface area (Å²) in [6.45, 7) is 8.19. The second kappa shape index (κ2) is 13.6. The van der Waals surface area contributed by atoms with Gasteiger partial charge in [-0.25, -0.2) is 4.79 Å². The summed E-state index contributed by atoms with van der Waals surface area (Å²) in [6, 6.07) is 0. The van der Waals surface area contributed by atoms with Crippen molar-refractivity contribution in [2.24, 2.45) is 0 Å². The number of carbonyl (C=O) groups is 1. The number of amides is 1. The zero-order valence-corrected chi connectivity index (χ0v) is 16.0. The summed E-state index contributed by atoms with van der Waals surface area (Å²) in [5.74, 6) is 0. The van der Waals surface area contributed by atoms with Crippen LogP contribution >= 0.6 is 0 Å². The van der Waals surface area contributed by atoms with Crippen molar-refractivity contribution in [3.8, 4) is 0 Å². The van der Waals surface area contributed by atoms with Gasteiger partial charge in [0.15, 0.2) is 0 Å². The molecule has 0 saturated heterocycles. The lowest BCUT2D eigenvalue weighted by atomic mass is 10.0. The predicted molar refractivity (Wildman–Crippen MR) is 99.2 cm³/mol. The smallest absolute Gasteiger partial charge is 0.405 e. The maximum Gasteiger partial charge on any atom is 0.405 e. The molecule has 0 unspecified atom stereocenters. The maximum absolute atomic E-state index is 10.7. The van der Waals surface area contributed by atoms with E-state index in [2.05, 4.69) is 24.2 Å². The van der Waals surface area contributed by atoms with E-state index in [1.54, 1.807) is 0 Å². The van der Waals surface area contributed by atoms with E-state index in [1.165, 1.54) is 64.2 Å². The van der Waals surface area contributed by atoms with Crippen LogP contribution < -0.4 is 5.32 Å². The SMILES string of the molecule is CCCCCCCCCCCCN(C)CCC(C)(C)NC(=O)O. The van der Waals surface area contributed by atoms with Crippen molar-refractivity contribution < 1.29 is 9.90 Å². The zero-order chi connectivity index (χ0) is 17.6. The Morgan fingerprint density at radius 1 is 0.913 bits per heavy atom. The molecule has 4 nitrogen and oxygen atoms in total. The average molecular weight is 329 g/mol. The van der Waals surface area contributed by atoms with Gasteiger partial charge in [-0.2, -0.15) is 0 Å². The summed E-state index contributed by atoms with van der Waals surface area (Å²) in [6.07, 6.45) is 13.6. The van der Waals surface area contributed by atoms with Crippen molar-refractivity contribution in [2.75, 3.05) is 20.1 Å². The van der Waals surface area contributed by atoms with Gasteiger partial charge in [0.25, 0.3) is 0 Å². The van der Waals surface area contributed by atoms with Crippen molar-refractivity contribution in [3.63, 3.8) is 0 Å². The van der Waals surface area contributed by atoms with Crippen molar-refractivity contribution in [3.05, 3.63) is 0 Å². The third-order valence-electron chi connectivity index (χ3n) is 4.46. The summed E-state index contributed by atoms with van der Waals surface area (Å²) in [4.78, 5) is 13.0. The molecule has 2 N–H and O–H groups in total. The highest BCUT2D eigenvalue weighted by molar-refractivity contribution is 5.65. The Morgan fingerprint density at radius 3 is 1.87 bits per heavy atom. The van der Waals surface area contributed by atoms with Crippen molar-refractivity contribution >= 4 is 6.09 Å². The quantitative estimate of drug-likeness (QED) is 0.402. The summed E-state index contributed by atoms with van der Waals surface area (Å²) >= 11 is 0. The molecule has 0 atom stereocenters. The molecule has 0 heterocycles. The molecule has 0 aromatic heterocycles. The van der Waals surface area contributed by atoms with Gasteiger partial charge >= 0.3 is 6.09 Å². The van der Waals surface area contributed by atoms with E-state index in [1.807, 2.05) is 13.8 Å². The summed E-state index contributed by atoms with van der Waals surface area (Å²) in [5, 5.41) is 11.4.